The quantitative estimate of drug-likeness (QED) is 0.844. The normalized spacial score (nSPS) is 10.7. The van der Waals surface area contributed by atoms with E-state index in [-0.39, 0.29) is 0 Å². The van der Waals surface area contributed by atoms with Crippen LogP contribution in [0.2, 0.25) is 15.1 Å². The summed E-state index contributed by atoms with van der Waals surface area (Å²) in [5.41, 5.74) is 1.84. The van der Waals surface area contributed by atoms with E-state index in [4.69, 9.17) is 34.8 Å². The Kier molecular flexibility index (Phi) is 4.38. The van der Waals surface area contributed by atoms with Gasteiger partial charge in [0, 0.05) is 12.7 Å². The molecule has 0 fully saturated rings. The molecule has 1 N–H and O–H groups in total. The van der Waals surface area contributed by atoms with Crippen molar-refractivity contribution in [3.8, 4) is 0 Å². The highest BCUT2D eigenvalue weighted by molar-refractivity contribution is 6.44. The molecule has 0 bridgehead atoms. The molecule has 0 aliphatic carbocycles. The molecule has 0 radical (unpaired) electrons. The number of hydrogen-bond acceptors (Lipinski definition) is 2. The van der Waals surface area contributed by atoms with E-state index in [9.17, 15) is 0 Å². The minimum absolute atomic E-state index is 0.450. The number of imidazole rings is 1. The summed E-state index contributed by atoms with van der Waals surface area (Å²) in [5.74, 6) is 0. The molecule has 1 aromatic heterocycles. The lowest BCUT2D eigenvalue weighted by molar-refractivity contribution is 0.719. The highest BCUT2D eigenvalue weighted by atomic mass is 35.5. The molecule has 0 unspecified atom stereocenters. The van der Waals surface area contributed by atoms with Crippen LogP contribution in [0.25, 0.3) is 0 Å². The number of nitrogens with zero attached hydrogens (tertiary/aromatic N) is 2. The first kappa shape index (κ1) is 13.5. The standard InChI is InChI=1S/C12H12Cl3N3/c1-2-18-7-16-5-8(18)6-17-12-4-10(14)9(13)3-11(12)15/h3-5,7,17H,2,6H2,1H3. The van der Waals surface area contributed by atoms with Crippen LogP contribution in [-0.4, -0.2) is 9.55 Å². The Hall–Kier alpha value is -0.900. The number of hydrogen-bond donors (Lipinski definition) is 1. The van der Waals surface area contributed by atoms with E-state index in [0.29, 0.717) is 21.6 Å². The van der Waals surface area contributed by atoms with E-state index < -0.39 is 0 Å². The van der Waals surface area contributed by atoms with Crippen molar-refractivity contribution in [2.45, 2.75) is 20.0 Å². The zero-order valence-electron chi connectivity index (χ0n) is 9.75. The summed E-state index contributed by atoms with van der Waals surface area (Å²) in [5, 5.41) is 4.70. The van der Waals surface area contributed by atoms with Crippen LogP contribution in [0.1, 0.15) is 12.6 Å². The first-order valence-corrected chi connectivity index (χ1v) is 6.62. The highest BCUT2D eigenvalue weighted by Gasteiger charge is 2.07. The Morgan fingerprint density at radius 1 is 1.17 bits per heavy atom. The molecule has 1 heterocycles. The molecule has 0 spiro atoms. The molecule has 0 amide bonds. The van der Waals surface area contributed by atoms with Crippen molar-refractivity contribution < 1.29 is 0 Å². The van der Waals surface area contributed by atoms with Gasteiger partial charge in [-0.3, -0.25) is 0 Å². The SMILES string of the molecule is CCn1cncc1CNc1cc(Cl)c(Cl)cc1Cl. The molecule has 0 atom stereocenters. The van der Waals surface area contributed by atoms with Crippen LogP contribution < -0.4 is 5.32 Å². The zero-order chi connectivity index (χ0) is 13.1. The molecule has 18 heavy (non-hydrogen) atoms. The number of aryl methyl sites for hydroxylation is 1. The summed E-state index contributed by atoms with van der Waals surface area (Å²) in [6, 6.07) is 3.35. The molecule has 0 aliphatic rings. The van der Waals surface area contributed by atoms with Gasteiger partial charge in [-0.05, 0) is 19.1 Å². The maximum atomic E-state index is 6.09. The fourth-order valence-corrected chi connectivity index (χ4v) is 2.24. The lowest BCUT2D eigenvalue weighted by atomic mass is 10.3. The second-order valence-electron chi connectivity index (χ2n) is 3.77. The second-order valence-corrected chi connectivity index (χ2v) is 4.99. The summed E-state index contributed by atoms with van der Waals surface area (Å²) in [4.78, 5) is 4.10. The van der Waals surface area contributed by atoms with Crippen molar-refractivity contribution >= 4 is 40.5 Å². The summed E-state index contributed by atoms with van der Waals surface area (Å²) in [6.07, 6.45) is 3.62. The van der Waals surface area contributed by atoms with Gasteiger partial charge in [0.15, 0.2) is 0 Å². The van der Waals surface area contributed by atoms with Crippen LogP contribution in [0.15, 0.2) is 24.7 Å². The van der Waals surface area contributed by atoms with Crippen molar-refractivity contribution in [3.05, 3.63) is 45.4 Å². The van der Waals surface area contributed by atoms with Crippen molar-refractivity contribution in [2.24, 2.45) is 0 Å². The summed E-state index contributed by atoms with van der Waals surface area (Å²) >= 11 is 17.9. The lowest BCUT2D eigenvalue weighted by Crippen LogP contribution is -2.06. The van der Waals surface area contributed by atoms with Gasteiger partial charge >= 0.3 is 0 Å². The fraction of sp³-hybridized carbons (Fsp3) is 0.250. The predicted octanol–water partition coefficient (Wildman–Crippen LogP) is 4.48. The Bertz CT molecular complexity index is 551. The van der Waals surface area contributed by atoms with Gasteiger partial charge in [-0.15, -0.1) is 0 Å². The third-order valence-electron chi connectivity index (χ3n) is 2.61. The maximum absolute atomic E-state index is 6.09. The van der Waals surface area contributed by atoms with Gasteiger partial charge in [0.1, 0.15) is 0 Å². The van der Waals surface area contributed by atoms with Gasteiger partial charge in [-0.1, -0.05) is 34.8 Å². The van der Waals surface area contributed by atoms with Crippen molar-refractivity contribution in [2.75, 3.05) is 5.32 Å². The molecule has 2 rings (SSSR count). The van der Waals surface area contributed by atoms with E-state index in [1.807, 2.05) is 6.20 Å². The molecule has 96 valence electrons. The molecule has 3 nitrogen and oxygen atoms in total. The maximum Gasteiger partial charge on any atom is 0.0948 e. The van der Waals surface area contributed by atoms with E-state index in [2.05, 4.69) is 21.8 Å². The average Bonchev–Trinajstić information content (AvgIpc) is 2.79. The van der Waals surface area contributed by atoms with Gasteiger partial charge in [0.2, 0.25) is 0 Å². The third kappa shape index (κ3) is 2.91. The number of benzene rings is 1. The largest absolute Gasteiger partial charge is 0.378 e. The Morgan fingerprint density at radius 3 is 2.61 bits per heavy atom. The topological polar surface area (TPSA) is 29.9 Å². The number of aromatic nitrogens is 2. The monoisotopic (exact) mass is 303 g/mol. The molecule has 2 aromatic rings. The van der Waals surface area contributed by atoms with Gasteiger partial charge < -0.3 is 9.88 Å². The van der Waals surface area contributed by atoms with Gasteiger partial charge in [0.25, 0.3) is 0 Å². The number of rotatable bonds is 4. The first-order chi connectivity index (χ1) is 8.61. The van der Waals surface area contributed by atoms with Crippen molar-refractivity contribution in [1.82, 2.24) is 9.55 Å². The van der Waals surface area contributed by atoms with Gasteiger partial charge in [0.05, 0.1) is 39.3 Å². The zero-order valence-corrected chi connectivity index (χ0v) is 12.0. The minimum atomic E-state index is 0.450. The van der Waals surface area contributed by atoms with E-state index >= 15 is 0 Å². The predicted molar refractivity (Wildman–Crippen MR) is 76.7 cm³/mol. The molecule has 0 saturated carbocycles. The third-order valence-corrected chi connectivity index (χ3v) is 3.64. The summed E-state index contributed by atoms with van der Waals surface area (Å²) in [6.45, 7) is 3.58. The van der Waals surface area contributed by atoms with Gasteiger partial charge in [-0.2, -0.15) is 0 Å². The molecule has 0 saturated heterocycles. The van der Waals surface area contributed by atoms with E-state index in [1.165, 1.54) is 0 Å². The smallest absolute Gasteiger partial charge is 0.0948 e. The number of halogens is 3. The Morgan fingerprint density at radius 2 is 1.89 bits per heavy atom. The van der Waals surface area contributed by atoms with E-state index in [1.54, 1.807) is 18.5 Å². The Balaban J connectivity index is 2.13. The Labute approximate surface area is 121 Å². The highest BCUT2D eigenvalue weighted by Crippen LogP contribution is 2.32. The molecular weight excluding hydrogens is 293 g/mol. The minimum Gasteiger partial charge on any atom is -0.378 e. The van der Waals surface area contributed by atoms with Crippen LogP contribution in [0.4, 0.5) is 5.69 Å². The molecule has 6 heteroatoms. The van der Waals surface area contributed by atoms with Crippen LogP contribution in [-0.2, 0) is 13.1 Å². The lowest BCUT2D eigenvalue weighted by Gasteiger charge is -2.11. The van der Waals surface area contributed by atoms with Crippen LogP contribution >= 0.6 is 34.8 Å². The average molecular weight is 305 g/mol. The van der Waals surface area contributed by atoms with Crippen LogP contribution in [0.3, 0.4) is 0 Å². The van der Waals surface area contributed by atoms with Crippen LogP contribution in [0.5, 0.6) is 0 Å². The fourth-order valence-electron chi connectivity index (χ4n) is 1.62. The number of nitrogens with one attached hydrogen (secondary N) is 1. The van der Waals surface area contributed by atoms with Crippen molar-refractivity contribution in [3.63, 3.8) is 0 Å². The van der Waals surface area contributed by atoms with E-state index in [0.717, 1.165) is 17.9 Å². The molecule has 1 aromatic carbocycles. The van der Waals surface area contributed by atoms with Crippen molar-refractivity contribution in [1.29, 1.82) is 0 Å². The number of anilines is 1. The van der Waals surface area contributed by atoms with Gasteiger partial charge in [-0.25, -0.2) is 4.98 Å². The van der Waals surface area contributed by atoms with Crippen LogP contribution in [0, 0.1) is 0 Å². The molecular formula is C12H12Cl3N3. The summed E-state index contributed by atoms with van der Waals surface area (Å²) < 4.78 is 2.05. The summed E-state index contributed by atoms with van der Waals surface area (Å²) in [7, 11) is 0. The first-order valence-electron chi connectivity index (χ1n) is 5.49. The second kappa shape index (κ2) is 5.83. The molecule has 0 aliphatic heterocycles.